The second-order valence-electron chi connectivity index (χ2n) is 6.53. The molecule has 2 aromatic rings. The van der Waals surface area contributed by atoms with Crippen molar-refractivity contribution in [2.24, 2.45) is 0 Å². The lowest BCUT2D eigenvalue weighted by atomic mass is 10.1. The number of alkyl halides is 3. The molecule has 0 spiro atoms. The molecule has 162 valence electrons. The smallest absolute Gasteiger partial charge is 0.406 e. The summed E-state index contributed by atoms with van der Waals surface area (Å²) in [6.45, 7) is 0.119. The molecule has 0 bridgehead atoms. The second kappa shape index (κ2) is 9.11. The van der Waals surface area contributed by atoms with Crippen molar-refractivity contribution in [1.82, 2.24) is 20.4 Å². The van der Waals surface area contributed by atoms with Crippen LogP contribution in [0.25, 0.3) is 0 Å². The molecule has 1 aromatic carbocycles. The van der Waals surface area contributed by atoms with Crippen LogP contribution in [0.5, 0.6) is 5.75 Å². The Kier molecular flexibility index (Phi) is 6.55. The van der Waals surface area contributed by atoms with Gasteiger partial charge in [-0.3, -0.25) is 9.59 Å². The zero-order valence-electron chi connectivity index (χ0n) is 15.9. The van der Waals surface area contributed by atoms with Crippen molar-refractivity contribution in [3.8, 4) is 5.75 Å². The van der Waals surface area contributed by atoms with Gasteiger partial charge in [0.1, 0.15) is 18.4 Å². The summed E-state index contributed by atoms with van der Waals surface area (Å²) in [4.78, 5) is 29.5. The van der Waals surface area contributed by atoms with Crippen LogP contribution in [0.4, 0.5) is 13.2 Å². The van der Waals surface area contributed by atoms with Crippen LogP contribution in [-0.2, 0) is 27.4 Å². The fraction of sp³-hybridized carbons (Fsp3) is 0.444. The summed E-state index contributed by atoms with van der Waals surface area (Å²) in [6, 6.07) is 4.82. The number of ether oxygens (including phenoxy) is 2. The van der Waals surface area contributed by atoms with E-state index in [0.717, 1.165) is 0 Å². The lowest BCUT2D eigenvalue weighted by Crippen LogP contribution is -2.28. The van der Waals surface area contributed by atoms with Crippen LogP contribution in [0, 0.1) is 0 Å². The number of hydrogen-bond acceptors (Lipinski definition) is 7. The van der Waals surface area contributed by atoms with E-state index in [9.17, 15) is 22.8 Å². The number of benzene rings is 1. The third-order valence-corrected chi connectivity index (χ3v) is 4.33. The van der Waals surface area contributed by atoms with Gasteiger partial charge in [0.2, 0.25) is 17.7 Å². The number of carbonyl (C=O) groups excluding carboxylic acids is 2. The number of methoxy groups -OCH3 is 1. The van der Waals surface area contributed by atoms with E-state index in [4.69, 9.17) is 9.26 Å². The minimum absolute atomic E-state index is 0.0486. The number of likely N-dealkylation sites (tertiary alicyclic amines) is 1. The molecule has 1 saturated heterocycles. The van der Waals surface area contributed by atoms with Gasteiger partial charge in [0, 0.05) is 20.1 Å². The van der Waals surface area contributed by atoms with Crippen molar-refractivity contribution in [1.29, 1.82) is 0 Å². The molecule has 1 atom stereocenters. The highest BCUT2D eigenvalue weighted by atomic mass is 19.4. The summed E-state index contributed by atoms with van der Waals surface area (Å²) >= 11 is 0. The summed E-state index contributed by atoms with van der Waals surface area (Å²) in [5, 5.41) is 6.37. The Labute approximate surface area is 169 Å². The summed E-state index contributed by atoms with van der Waals surface area (Å²) in [7, 11) is 1.40. The molecule has 1 fully saturated rings. The molecule has 30 heavy (non-hydrogen) atoms. The van der Waals surface area contributed by atoms with Gasteiger partial charge in [-0.15, -0.1) is 13.2 Å². The molecule has 0 saturated carbocycles. The molecular formula is C18H19F3N4O5. The number of halogens is 3. The Morgan fingerprint density at radius 3 is 2.73 bits per heavy atom. The van der Waals surface area contributed by atoms with Gasteiger partial charge in [-0.05, 0) is 24.1 Å². The summed E-state index contributed by atoms with van der Waals surface area (Å²) in [5.41, 5.74) is 0.622. The number of amides is 2. The van der Waals surface area contributed by atoms with E-state index < -0.39 is 12.4 Å². The highest BCUT2D eigenvalue weighted by Crippen LogP contribution is 2.33. The van der Waals surface area contributed by atoms with Crippen molar-refractivity contribution in [3.63, 3.8) is 0 Å². The SMILES string of the molecule is COCC(=O)NCc1noc([C@@H]2CCC(=O)N2Cc2ccc(OC(F)(F)F)cc2)n1. The first-order valence-corrected chi connectivity index (χ1v) is 8.97. The first kappa shape index (κ1) is 21.6. The third kappa shape index (κ3) is 5.69. The molecular weight excluding hydrogens is 409 g/mol. The maximum absolute atomic E-state index is 12.3. The zero-order valence-corrected chi connectivity index (χ0v) is 15.9. The fourth-order valence-electron chi connectivity index (χ4n) is 3.02. The van der Waals surface area contributed by atoms with Crippen molar-refractivity contribution in [3.05, 3.63) is 41.5 Å². The Balaban J connectivity index is 1.64. The molecule has 2 heterocycles. The second-order valence-corrected chi connectivity index (χ2v) is 6.53. The van der Waals surface area contributed by atoms with Gasteiger partial charge >= 0.3 is 6.36 Å². The van der Waals surface area contributed by atoms with Crippen LogP contribution < -0.4 is 10.1 Å². The van der Waals surface area contributed by atoms with E-state index in [1.807, 2.05) is 0 Å². The summed E-state index contributed by atoms with van der Waals surface area (Å²) in [6.07, 6.45) is -4.02. The van der Waals surface area contributed by atoms with Gasteiger partial charge in [-0.2, -0.15) is 4.98 Å². The Bertz CT molecular complexity index is 885. The number of carbonyl (C=O) groups is 2. The fourth-order valence-corrected chi connectivity index (χ4v) is 3.02. The summed E-state index contributed by atoms with van der Waals surface area (Å²) in [5.74, 6) is -0.327. The van der Waals surface area contributed by atoms with Crippen LogP contribution in [0.3, 0.4) is 0 Å². The molecule has 3 rings (SSSR count). The molecule has 1 aliphatic rings. The van der Waals surface area contributed by atoms with Crippen molar-refractivity contribution < 1.29 is 36.8 Å². The number of hydrogen-bond donors (Lipinski definition) is 1. The lowest BCUT2D eigenvalue weighted by molar-refractivity contribution is -0.274. The van der Waals surface area contributed by atoms with Gasteiger partial charge in [0.15, 0.2) is 5.82 Å². The monoisotopic (exact) mass is 428 g/mol. The average Bonchev–Trinajstić information content (AvgIpc) is 3.28. The standard InChI is InChI=1S/C18H19F3N4O5/c1-28-10-15(26)22-8-14-23-17(30-24-14)13-6-7-16(27)25(13)9-11-2-4-12(5-3-11)29-18(19,20)21/h2-5,13H,6-10H2,1H3,(H,22,26)/t13-/m0/s1. The van der Waals surface area contributed by atoms with Crippen molar-refractivity contribution in [2.45, 2.75) is 38.3 Å². The van der Waals surface area contributed by atoms with E-state index in [-0.39, 0.29) is 55.4 Å². The van der Waals surface area contributed by atoms with Crippen molar-refractivity contribution >= 4 is 11.8 Å². The Hall–Kier alpha value is -3.15. The zero-order chi connectivity index (χ0) is 21.7. The first-order chi connectivity index (χ1) is 14.2. The van der Waals surface area contributed by atoms with Gasteiger partial charge in [0.05, 0.1) is 6.54 Å². The quantitative estimate of drug-likeness (QED) is 0.686. The van der Waals surface area contributed by atoms with Crippen molar-refractivity contribution in [2.75, 3.05) is 13.7 Å². The highest BCUT2D eigenvalue weighted by Gasteiger charge is 2.36. The van der Waals surface area contributed by atoms with E-state index in [1.54, 1.807) is 0 Å². The third-order valence-electron chi connectivity index (χ3n) is 4.33. The van der Waals surface area contributed by atoms with Gasteiger partial charge in [0.25, 0.3) is 0 Å². The highest BCUT2D eigenvalue weighted by molar-refractivity contribution is 5.79. The van der Waals surface area contributed by atoms with E-state index in [1.165, 1.54) is 36.3 Å². The molecule has 1 aromatic heterocycles. The molecule has 12 heteroatoms. The van der Waals surface area contributed by atoms with Crippen LogP contribution >= 0.6 is 0 Å². The van der Waals surface area contributed by atoms with Gasteiger partial charge in [-0.1, -0.05) is 17.3 Å². The Morgan fingerprint density at radius 1 is 1.33 bits per heavy atom. The maximum atomic E-state index is 12.3. The predicted molar refractivity (Wildman–Crippen MR) is 93.7 cm³/mol. The predicted octanol–water partition coefficient (Wildman–Crippen LogP) is 2.09. The minimum Gasteiger partial charge on any atom is -0.406 e. The Morgan fingerprint density at radius 2 is 2.07 bits per heavy atom. The van der Waals surface area contributed by atoms with Crippen LogP contribution in [0.2, 0.25) is 0 Å². The molecule has 0 aliphatic carbocycles. The number of nitrogens with one attached hydrogen (secondary N) is 1. The normalized spacial score (nSPS) is 16.7. The maximum Gasteiger partial charge on any atom is 0.573 e. The molecule has 9 nitrogen and oxygen atoms in total. The number of aromatic nitrogens is 2. The average molecular weight is 428 g/mol. The largest absolute Gasteiger partial charge is 0.573 e. The van der Waals surface area contributed by atoms with Gasteiger partial charge < -0.3 is 24.2 Å². The topological polar surface area (TPSA) is 107 Å². The van der Waals surface area contributed by atoms with Crippen LogP contribution in [-0.4, -0.2) is 46.9 Å². The van der Waals surface area contributed by atoms with Gasteiger partial charge in [-0.25, -0.2) is 0 Å². The lowest BCUT2D eigenvalue weighted by Gasteiger charge is -2.22. The molecule has 1 N–H and O–H groups in total. The van der Waals surface area contributed by atoms with Crippen LogP contribution in [0.15, 0.2) is 28.8 Å². The van der Waals surface area contributed by atoms with Crippen LogP contribution in [0.1, 0.15) is 36.2 Å². The first-order valence-electron chi connectivity index (χ1n) is 8.97. The molecule has 0 unspecified atom stereocenters. The molecule has 0 radical (unpaired) electrons. The summed E-state index contributed by atoms with van der Waals surface area (Å²) < 4.78 is 50.6. The number of nitrogens with zero attached hydrogens (tertiary/aromatic N) is 3. The number of rotatable bonds is 8. The molecule has 1 aliphatic heterocycles. The van der Waals surface area contributed by atoms with E-state index >= 15 is 0 Å². The minimum atomic E-state index is -4.77. The molecule has 2 amide bonds. The van der Waals surface area contributed by atoms with E-state index in [0.29, 0.717) is 12.0 Å². The van der Waals surface area contributed by atoms with E-state index in [2.05, 4.69) is 20.2 Å².